The Hall–Kier alpha value is -0.620. The van der Waals surface area contributed by atoms with Crippen LogP contribution >= 0.6 is 34.2 Å². The minimum absolute atomic E-state index is 0.0639. The van der Waals surface area contributed by atoms with Crippen LogP contribution < -0.4 is 5.43 Å². The van der Waals surface area contributed by atoms with Gasteiger partial charge in [0.15, 0.2) is 0 Å². The molecule has 0 saturated carbocycles. The SMILES string of the molecule is O=c1c(I)c[nH]c2cc(Cl)cnc12. The highest BCUT2D eigenvalue weighted by Gasteiger charge is 2.03. The maximum absolute atomic E-state index is 11.5. The van der Waals surface area contributed by atoms with Crippen LogP contribution in [0.5, 0.6) is 0 Å². The molecule has 0 bridgehead atoms. The van der Waals surface area contributed by atoms with E-state index in [1.807, 2.05) is 22.6 Å². The lowest BCUT2D eigenvalue weighted by atomic mass is 10.3. The summed E-state index contributed by atoms with van der Waals surface area (Å²) in [6.45, 7) is 0. The van der Waals surface area contributed by atoms with Crippen molar-refractivity contribution in [2.45, 2.75) is 0 Å². The third-order valence-corrected chi connectivity index (χ3v) is 2.65. The Labute approximate surface area is 92.3 Å². The summed E-state index contributed by atoms with van der Waals surface area (Å²) in [5.41, 5.74) is 1.03. The number of hydrogen-bond acceptors (Lipinski definition) is 2. The van der Waals surface area contributed by atoms with E-state index in [0.717, 1.165) is 0 Å². The summed E-state index contributed by atoms with van der Waals surface area (Å²) in [5.74, 6) is 0. The van der Waals surface area contributed by atoms with E-state index in [2.05, 4.69) is 9.97 Å². The Morgan fingerprint density at radius 1 is 1.54 bits per heavy atom. The van der Waals surface area contributed by atoms with E-state index in [4.69, 9.17) is 11.6 Å². The number of hydrogen-bond donors (Lipinski definition) is 1. The number of nitrogens with one attached hydrogen (secondary N) is 1. The van der Waals surface area contributed by atoms with Crippen LogP contribution in [0.3, 0.4) is 0 Å². The molecule has 13 heavy (non-hydrogen) atoms. The predicted molar refractivity (Wildman–Crippen MR) is 60.1 cm³/mol. The standard InChI is InChI=1S/C8H4ClIN2O/c9-4-1-6-7(12-2-4)8(13)5(10)3-11-6/h1-3H,(H,11,13). The fourth-order valence-corrected chi connectivity index (χ4v) is 1.62. The summed E-state index contributed by atoms with van der Waals surface area (Å²) in [6.07, 6.45) is 3.11. The van der Waals surface area contributed by atoms with Gasteiger partial charge in [0, 0.05) is 12.4 Å². The molecule has 2 heterocycles. The summed E-state index contributed by atoms with van der Waals surface area (Å²) >= 11 is 7.69. The monoisotopic (exact) mass is 306 g/mol. The van der Waals surface area contributed by atoms with Gasteiger partial charge in [-0.15, -0.1) is 0 Å². The Morgan fingerprint density at radius 3 is 3.08 bits per heavy atom. The van der Waals surface area contributed by atoms with Crippen molar-refractivity contribution in [1.82, 2.24) is 9.97 Å². The van der Waals surface area contributed by atoms with E-state index >= 15 is 0 Å². The first-order valence-corrected chi connectivity index (χ1v) is 4.96. The molecule has 2 aromatic rings. The molecule has 0 spiro atoms. The second-order valence-corrected chi connectivity index (χ2v) is 4.11. The second-order valence-electron chi connectivity index (χ2n) is 2.52. The van der Waals surface area contributed by atoms with Gasteiger partial charge in [0.25, 0.3) is 0 Å². The van der Waals surface area contributed by atoms with Gasteiger partial charge in [0.1, 0.15) is 5.52 Å². The first-order chi connectivity index (χ1) is 6.18. The van der Waals surface area contributed by atoms with Gasteiger partial charge in [0.2, 0.25) is 5.43 Å². The quantitative estimate of drug-likeness (QED) is 0.758. The van der Waals surface area contributed by atoms with Crippen molar-refractivity contribution in [2.75, 3.05) is 0 Å². The number of rotatable bonds is 0. The molecule has 66 valence electrons. The highest BCUT2D eigenvalue weighted by Crippen LogP contribution is 2.12. The van der Waals surface area contributed by atoms with Crippen molar-refractivity contribution in [3.8, 4) is 0 Å². The molecular weight excluding hydrogens is 302 g/mol. The third kappa shape index (κ3) is 1.55. The van der Waals surface area contributed by atoms with Gasteiger partial charge < -0.3 is 4.98 Å². The normalized spacial score (nSPS) is 10.6. The fourth-order valence-electron chi connectivity index (χ4n) is 1.05. The van der Waals surface area contributed by atoms with Crippen LogP contribution in [0.4, 0.5) is 0 Å². The lowest BCUT2D eigenvalue weighted by molar-refractivity contribution is 1.29. The molecule has 2 aromatic heterocycles. The van der Waals surface area contributed by atoms with E-state index in [1.54, 1.807) is 12.3 Å². The number of H-pyrrole nitrogens is 1. The molecule has 0 unspecified atom stereocenters. The van der Waals surface area contributed by atoms with Crippen LogP contribution in [0.2, 0.25) is 5.02 Å². The molecule has 5 heteroatoms. The molecule has 0 radical (unpaired) electrons. The number of nitrogens with zero attached hydrogens (tertiary/aromatic N) is 1. The van der Waals surface area contributed by atoms with E-state index in [1.165, 1.54) is 6.20 Å². The zero-order valence-electron chi connectivity index (χ0n) is 6.34. The van der Waals surface area contributed by atoms with Crippen molar-refractivity contribution >= 4 is 45.2 Å². The van der Waals surface area contributed by atoms with Gasteiger partial charge >= 0.3 is 0 Å². The van der Waals surface area contributed by atoms with Gasteiger partial charge in [-0.05, 0) is 28.7 Å². The molecule has 0 fully saturated rings. The largest absolute Gasteiger partial charge is 0.359 e. The molecule has 0 amide bonds. The summed E-state index contributed by atoms with van der Waals surface area (Å²) in [5, 5.41) is 0.518. The van der Waals surface area contributed by atoms with Gasteiger partial charge in [-0.25, -0.2) is 4.98 Å². The lowest BCUT2D eigenvalue weighted by Crippen LogP contribution is -2.07. The molecule has 1 N–H and O–H groups in total. The first-order valence-electron chi connectivity index (χ1n) is 3.51. The minimum atomic E-state index is -0.0639. The number of fused-ring (bicyclic) bond motifs is 1. The maximum atomic E-state index is 11.5. The van der Waals surface area contributed by atoms with E-state index in [9.17, 15) is 4.79 Å². The molecular formula is C8H4ClIN2O. The van der Waals surface area contributed by atoms with Crippen molar-refractivity contribution in [1.29, 1.82) is 0 Å². The van der Waals surface area contributed by atoms with Crippen molar-refractivity contribution in [3.63, 3.8) is 0 Å². The fraction of sp³-hybridized carbons (Fsp3) is 0. The Balaban J connectivity index is 2.95. The highest BCUT2D eigenvalue weighted by atomic mass is 127. The molecule has 0 aromatic carbocycles. The molecule has 0 aliphatic rings. The Bertz CT molecular complexity index is 523. The molecule has 0 aliphatic heterocycles. The van der Waals surface area contributed by atoms with Gasteiger partial charge in [-0.3, -0.25) is 4.79 Å². The van der Waals surface area contributed by atoms with Crippen molar-refractivity contribution < 1.29 is 0 Å². The van der Waals surface area contributed by atoms with E-state index in [-0.39, 0.29) is 5.43 Å². The van der Waals surface area contributed by atoms with Crippen LogP contribution in [0.25, 0.3) is 11.0 Å². The molecule has 0 aliphatic carbocycles. The van der Waals surface area contributed by atoms with Crippen LogP contribution in [-0.2, 0) is 0 Å². The van der Waals surface area contributed by atoms with Crippen LogP contribution in [0, 0.1) is 3.57 Å². The van der Waals surface area contributed by atoms with E-state index < -0.39 is 0 Å². The number of pyridine rings is 2. The zero-order valence-corrected chi connectivity index (χ0v) is 9.26. The zero-order chi connectivity index (χ0) is 9.42. The Kier molecular flexibility index (Phi) is 2.25. The van der Waals surface area contributed by atoms with Crippen LogP contribution in [0.1, 0.15) is 0 Å². The Morgan fingerprint density at radius 2 is 2.31 bits per heavy atom. The average Bonchev–Trinajstić information content (AvgIpc) is 2.12. The van der Waals surface area contributed by atoms with Gasteiger partial charge in [-0.2, -0.15) is 0 Å². The minimum Gasteiger partial charge on any atom is -0.359 e. The van der Waals surface area contributed by atoms with Gasteiger partial charge in [0.05, 0.1) is 14.1 Å². The summed E-state index contributed by atoms with van der Waals surface area (Å²) in [6, 6.07) is 1.68. The highest BCUT2D eigenvalue weighted by molar-refractivity contribution is 14.1. The van der Waals surface area contributed by atoms with Crippen molar-refractivity contribution in [2.24, 2.45) is 0 Å². The second kappa shape index (κ2) is 3.26. The van der Waals surface area contributed by atoms with Crippen molar-refractivity contribution in [3.05, 3.63) is 37.3 Å². The maximum Gasteiger partial charge on any atom is 0.221 e. The number of halogens is 2. The first kappa shape index (κ1) is 8.96. The van der Waals surface area contributed by atoms with Gasteiger partial charge in [-0.1, -0.05) is 11.6 Å². The smallest absolute Gasteiger partial charge is 0.221 e. The van der Waals surface area contributed by atoms with Crippen LogP contribution in [-0.4, -0.2) is 9.97 Å². The topological polar surface area (TPSA) is 45.8 Å². The summed E-state index contributed by atoms with van der Waals surface area (Å²) < 4.78 is 0.625. The number of aromatic amines is 1. The van der Waals surface area contributed by atoms with E-state index in [0.29, 0.717) is 19.6 Å². The third-order valence-electron chi connectivity index (χ3n) is 1.64. The summed E-state index contributed by atoms with van der Waals surface area (Å²) in [7, 11) is 0. The molecule has 3 nitrogen and oxygen atoms in total. The molecule has 2 rings (SSSR count). The lowest BCUT2D eigenvalue weighted by Gasteiger charge is -1.97. The van der Waals surface area contributed by atoms with Crippen LogP contribution in [0.15, 0.2) is 23.3 Å². The molecule has 0 atom stereocenters. The average molecular weight is 306 g/mol. The molecule has 0 saturated heterocycles. The predicted octanol–water partition coefficient (Wildman–Crippen LogP) is 2.18. The number of aromatic nitrogens is 2. The summed E-state index contributed by atoms with van der Waals surface area (Å²) in [4.78, 5) is 18.4.